The highest BCUT2D eigenvalue weighted by atomic mass is 32.2. The summed E-state index contributed by atoms with van der Waals surface area (Å²) >= 11 is 1.78. The Morgan fingerprint density at radius 3 is 2.54 bits per heavy atom. The van der Waals surface area contributed by atoms with Crippen molar-refractivity contribution in [3.05, 3.63) is 58.7 Å². The van der Waals surface area contributed by atoms with Crippen LogP contribution in [0.4, 0.5) is 0 Å². The lowest BCUT2D eigenvalue weighted by atomic mass is 10.0. The maximum absolute atomic E-state index is 12.3. The van der Waals surface area contributed by atoms with Gasteiger partial charge in [0.2, 0.25) is 0 Å². The number of Topliss-reactive ketones (excluding diaryl/α,β-unsaturated/α-hetero) is 1. The van der Waals surface area contributed by atoms with Gasteiger partial charge in [0.25, 0.3) is 0 Å². The normalized spacial score (nSPS) is 12.6. The standard InChI is InChI=1S/C23H26O4S/c1-2-16-8-10-17(11-9-16)20(24)7-4-14-28-22-13-12-21(27-15-23(25)26)18-5-3-6-19(18)22/h8-13H,2-7,14-15H2,1H3,(H,25,26). The molecule has 3 rings (SSSR count). The van der Waals surface area contributed by atoms with Gasteiger partial charge in [0, 0.05) is 16.9 Å². The fourth-order valence-electron chi connectivity index (χ4n) is 3.54. The number of aliphatic carboxylic acids is 1. The molecule has 148 valence electrons. The molecule has 28 heavy (non-hydrogen) atoms. The molecule has 0 spiro atoms. The molecule has 0 atom stereocenters. The number of aryl methyl sites for hydroxylation is 1. The largest absolute Gasteiger partial charge is 0.482 e. The van der Waals surface area contributed by atoms with Crippen molar-refractivity contribution >= 4 is 23.5 Å². The first-order valence-electron chi connectivity index (χ1n) is 9.82. The molecule has 0 aromatic heterocycles. The fraction of sp³-hybridized carbons (Fsp3) is 0.391. The molecule has 0 saturated carbocycles. The van der Waals surface area contributed by atoms with Gasteiger partial charge in [0.05, 0.1) is 0 Å². The van der Waals surface area contributed by atoms with Gasteiger partial charge in [-0.1, -0.05) is 31.2 Å². The number of fused-ring (bicyclic) bond motifs is 1. The Balaban J connectivity index is 1.52. The number of carboxylic acid groups (broad SMARTS) is 1. The lowest BCUT2D eigenvalue weighted by molar-refractivity contribution is -0.139. The summed E-state index contributed by atoms with van der Waals surface area (Å²) in [5, 5.41) is 8.82. The smallest absolute Gasteiger partial charge is 0.341 e. The van der Waals surface area contributed by atoms with E-state index in [0.717, 1.165) is 49.0 Å². The lowest BCUT2D eigenvalue weighted by Gasteiger charge is -2.13. The summed E-state index contributed by atoms with van der Waals surface area (Å²) in [5.41, 5.74) is 4.48. The van der Waals surface area contributed by atoms with Gasteiger partial charge >= 0.3 is 5.97 Å². The minimum absolute atomic E-state index is 0.200. The number of carbonyl (C=O) groups is 2. The van der Waals surface area contributed by atoms with Crippen LogP contribution in [0.3, 0.4) is 0 Å². The summed E-state index contributed by atoms with van der Waals surface area (Å²) in [4.78, 5) is 24.3. The van der Waals surface area contributed by atoms with Gasteiger partial charge in [-0.3, -0.25) is 4.79 Å². The minimum Gasteiger partial charge on any atom is -0.482 e. The van der Waals surface area contributed by atoms with Gasteiger partial charge < -0.3 is 9.84 Å². The minimum atomic E-state index is -0.959. The lowest BCUT2D eigenvalue weighted by Crippen LogP contribution is -2.10. The maximum Gasteiger partial charge on any atom is 0.341 e. The van der Waals surface area contributed by atoms with Crippen molar-refractivity contribution < 1.29 is 19.4 Å². The van der Waals surface area contributed by atoms with Crippen molar-refractivity contribution in [2.24, 2.45) is 0 Å². The third-order valence-electron chi connectivity index (χ3n) is 5.04. The molecule has 2 aromatic rings. The second-order valence-electron chi connectivity index (χ2n) is 6.98. The number of ketones is 1. The van der Waals surface area contributed by atoms with Crippen LogP contribution in [0.15, 0.2) is 41.3 Å². The Morgan fingerprint density at radius 1 is 1.07 bits per heavy atom. The Labute approximate surface area is 170 Å². The molecule has 4 nitrogen and oxygen atoms in total. The van der Waals surface area contributed by atoms with Crippen molar-refractivity contribution in [1.82, 2.24) is 0 Å². The van der Waals surface area contributed by atoms with E-state index in [1.54, 1.807) is 11.8 Å². The second-order valence-corrected chi connectivity index (χ2v) is 8.12. The topological polar surface area (TPSA) is 63.6 Å². The first kappa shape index (κ1) is 20.5. The van der Waals surface area contributed by atoms with Gasteiger partial charge in [-0.25, -0.2) is 4.79 Å². The van der Waals surface area contributed by atoms with E-state index in [0.29, 0.717) is 12.2 Å². The van der Waals surface area contributed by atoms with E-state index >= 15 is 0 Å². The van der Waals surface area contributed by atoms with Crippen molar-refractivity contribution in [3.63, 3.8) is 0 Å². The number of benzene rings is 2. The van der Waals surface area contributed by atoms with E-state index < -0.39 is 5.97 Å². The Morgan fingerprint density at radius 2 is 1.82 bits per heavy atom. The highest BCUT2D eigenvalue weighted by Crippen LogP contribution is 2.38. The van der Waals surface area contributed by atoms with Crippen molar-refractivity contribution in [1.29, 1.82) is 0 Å². The molecule has 0 unspecified atom stereocenters. The molecule has 5 heteroatoms. The quantitative estimate of drug-likeness (QED) is 0.348. The molecule has 0 radical (unpaired) electrons. The van der Waals surface area contributed by atoms with E-state index in [-0.39, 0.29) is 12.4 Å². The van der Waals surface area contributed by atoms with Gasteiger partial charge in [0.15, 0.2) is 12.4 Å². The monoisotopic (exact) mass is 398 g/mol. The van der Waals surface area contributed by atoms with Gasteiger partial charge in [-0.2, -0.15) is 0 Å². The molecule has 0 fully saturated rings. The molecule has 0 bridgehead atoms. The van der Waals surface area contributed by atoms with Crippen molar-refractivity contribution in [2.75, 3.05) is 12.4 Å². The number of hydrogen-bond acceptors (Lipinski definition) is 4. The number of carboxylic acids is 1. The van der Waals surface area contributed by atoms with Crippen LogP contribution in [0.5, 0.6) is 5.75 Å². The second kappa shape index (κ2) is 9.78. The van der Waals surface area contributed by atoms with Crippen LogP contribution >= 0.6 is 11.8 Å². The highest BCUT2D eigenvalue weighted by molar-refractivity contribution is 7.99. The molecule has 0 amide bonds. The zero-order valence-corrected chi connectivity index (χ0v) is 17.0. The molecular formula is C23H26O4S. The SMILES string of the molecule is CCc1ccc(C(=O)CCCSc2ccc(OCC(=O)O)c3c2CCC3)cc1. The summed E-state index contributed by atoms with van der Waals surface area (Å²) in [6.45, 7) is 1.80. The predicted octanol–water partition coefficient (Wildman–Crippen LogP) is 4.96. The van der Waals surface area contributed by atoms with E-state index in [2.05, 4.69) is 6.92 Å². The number of carbonyl (C=O) groups excluding carboxylic acids is 1. The Kier molecular flexibility index (Phi) is 7.15. The van der Waals surface area contributed by atoms with Gasteiger partial charge in [-0.15, -0.1) is 11.8 Å². The zero-order chi connectivity index (χ0) is 19.9. The summed E-state index contributed by atoms with van der Waals surface area (Å²) in [6.07, 6.45) is 5.39. The highest BCUT2D eigenvalue weighted by Gasteiger charge is 2.20. The van der Waals surface area contributed by atoms with Gasteiger partial charge in [-0.05, 0) is 66.7 Å². The average Bonchev–Trinajstić information content (AvgIpc) is 3.20. The third kappa shape index (κ3) is 5.16. The summed E-state index contributed by atoms with van der Waals surface area (Å²) in [5.74, 6) is 0.829. The van der Waals surface area contributed by atoms with E-state index in [1.807, 2.05) is 36.4 Å². The van der Waals surface area contributed by atoms with Gasteiger partial charge in [0.1, 0.15) is 5.75 Å². The predicted molar refractivity (Wildman–Crippen MR) is 112 cm³/mol. The van der Waals surface area contributed by atoms with Crippen LogP contribution in [-0.2, 0) is 24.1 Å². The van der Waals surface area contributed by atoms with E-state index in [9.17, 15) is 9.59 Å². The van der Waals surface area contributed by atoms with E-state index in [4.69, 9.17) is 9.84 Å². The van der Waals surface area contributed by atoms with Crippen LogP contribution in [0, 0.1) is 0 Å². The first-order chi connectivity index (χ1) is 13.6. The molecular weight excluding hydrogens is 372 g/mol. The average molecular weight is 399 g/mol. The number of rotatable bonds is 10. The van der Waals surface area contributed by atoms with Crippen LogP contribution in [-0.4, -0.2) is 29.2 Å². The number of ether oxygens (including phenoxy) is 1. The maximum atomic E-state index is 12.3. The summed E-state index contributed by atoms with van der Waals surface area (Å²) in [6, 6.07) is 11.8. The van der Waals surface area contributed by atoms with Crippen LogP contribution < -0.4 is 4.74 Å². The molecule has 2 aromatic carbocycles. The molecule has 1 aliphatic carbocycles. The van der Waals surface area contributed by atoms with Crippen LogP contribution in [0.2, 0.25) is 0 Å². The number of hydrogen-bond donors (Lipinski definition) is 1. The van der Waals surface area contributed by atoms with Crippen LogP contribution in [0.25, 0.3) is 0 Å². The summed E-state index contributed by atoms with van der Waals surface area (Å²) in [7, 11) is 0. The first-order valence-corrected chi connectivity index (χ1v) is 10.8. The Bertz CT molecular complexity index is 842. The summed E-state index contributed by atoms with van der Waals surface area (Å²) < 4.78 is 5.43. The molecule has 1 aliphatic rings. The van der Waals surface area contributed by atoms with Crippen LogP contribution in [0.1, 0.15) is 53.2 Å². The fourth-order valence-corrected chi connectivity index (χ4v) is 4.61. The van der Waals surface area contributed by atoms with Crippen molar-refractivity contribution in [3.8, 4) is 5.75 Å². The molecule has 0 heterocycles. The third-order valence-corrected chi connectivity index (χ3v) is 6.23. The zero-order valence-electron chi connectivity index (χ0n) is 16.2. The number of thioether (sulfide) groups is 1. The Hall–Kier alpha value is -2.27. The molecule has 1 N–H and O–H groups in total. The molecule has 0 saturated heterocycles. The van der Waals surface area contributed by atoms with E-state index in [1.165, 1.54) is 16.0 Å². The van der Waals surface area contributed by atoms with Crippen molar-refractivity contribution in [2.45, 2.75) is 50.3 Å². The molecule has 0 aliphatic heterocycles.